The first-order chi connectivity index (χ1) is 8.51. The first-order valence-electron chi connectivity index (χ1n) is 5.40. The Morgan fingerprint density at radius 3 is 2.72 bits per heavy atom. The van der Waals surface area contributed by atoms with E-state index in [9.17, 15) is 19.1 Å². The molecule has 18 heavy (non-hydrogen) atoms. The summed E-state index contributed by atoms with van der Waals surface area (Å²) in [5.41, 5.74) is 0.273. The smallest absolute Gasteiger partial charge is 0.331 e. The molecule has 0 aliphatic heterocycles. The molecule has 1 unspecified atom stereocenters. The average Bonchev–Trinajstić information content (AvgIpc) is 2.32. The third-order valence-corrected chi connectivity index (χ3v) is 2.73. The summed E-state index contributed by atoms with van der Waals surface area (Å²) in [6.45, 7) is 2.13. The van der Waals surface area contributed by atoms with E-state index in [1.165, 1.54) is 12.1 Å². The molecule has 4 nitrogen and oxygen atoms in total. The lowest BCUT2D eigenvalue weighted by Crippen LogP contribution is -2.33. The molecule has 98 valence electrons. The lowest BCUT2D eigenvalue weighted by Gasteiger charge is -2.25. The number of carbonyl (C=O) groups excluding carboxylic acids is 1. The summed E-state index contributed by atoms with van der Waals surface area (Å²) in [7, 11) is 0. The van der Waals surface area contributed by atoms with Crippen LogP contribution in [0.2, 0.25) is 5.02 Å². The number of hydrogen-bond donors (Lipinski definition) is 1. The summed E-state index contributed by atoms with van der Waals surface area (Å²) in [6.07, 6.45) is 1.09. The monoisotopic (exact) mass is 273 g/mol. The zero-order valence-electron chi connectivity index (χ0n) is 9.77. The summed E-state index contributed by atoms with van der Waals surface area (Å²) < 4.78 is 13.0. The highest BCUT2D eigenvalue weighted by Gasteiger charge is 2.26. The van der Waals surface area contributed by atoms with Gasteiger partial charge in [0.1, 0.15) is 5.82 Å². The highest BCUT2D eigenvalue weighted by molar-refractivity contribution is 6.30. The van der Waals surface area contributed by atoms with Crippen molar-refractivity contribution in [3.05, 3.63) is 34.6 Å². The molecule has 6 heteroatoms. The second-order valence-electron chi connectivity index (χ2n) is 3.76. The standard InChI is InChI=1S/C12H13ClFNO3/c1-2-5-15(7-16)11(12(17)18)8-3-4-10(14)9(13)6-8/h3-4,6-7,11H,2,5H2,1H3,(H,17,18). The number of aliphatic carboxylic acids is 1. The number of carboxylic acids is 1. The Morgan fingerprint density at radius 2 is 2.28 bits per heavy atom. The summed E-state index contributed by atoms with van der Waals surface area (Å²) >= 11 is 5.61. The van der Waals surface area contributed by atoms with Crippen LogP contribution >= 0.6 is 11.6 Å². The normalized spacial score (nSPS) is 11.9. The van der Waals surface area contributed by atoms with E-state index in [1.807, 2.05) is 6.92 Å². The molecule has 0 aliphatic rings. The molecule has 0 bridgehead atoms. The first kappa shape index (κ1) is 14.4. The van der Waals surface area contributed by atoms with Crippen LogP contribution < -0.4 is 0 Å². The van der Waals surface area contributed by atoms with Gasteiger partial charge in [-0.25, -0.2) is 9.18 Å². The van der Waals surface area contributed by atoms with Crippen molar-refractivity contribution in [2.24, 2.45) is 0 Å². The Balaban J connectivity index is 3.14. The Morgan fingerprint density at radius 1 is 1.61 bits per heavy atom. The van der Waals surface area contributed by atoms with Gasteiger partial charge in [0, 0.05) is 6.54 Å². The Labute approximate surface area is 109 Å². The Bertz CT molecular complexity index is 453. The molecule has 0 aliphatic carbocycles. The molecular weight excluding hydrogens is 261 g/mol. The number of rotatable bonds is 6. The van der Waals surface area contributed by atoms with Crippen molar-refractivity contribution in [2.75, 3.05) is 6.54 Å². The van der Waals surface area contributed by atoms with E-state index >= 15 is 0 Å². The maximum absolute atomic E-state index is 13.0. The van der Waals surface area contributed by atoms with E-state index in [1.54, 1.807) is 0 Å². The maximum atomic E-state index is 13.0. The van der Waals surface area contributed by atoms with Crippen LogP contribution in [0.4, 0.5) is 4.39 Å². The second kappa shape index (κ2) is 6.35. The Kier molecular flexibility index (Phi) is 5.09. The highest BCUT2D eigenvalue weighted by Crippen LogP contribution is 2.25. The van der Waals surface area contributed by atoms with Gasteiger partial charge in [-0.15, -0.1) is 0 Å². The fourth-order valence-corrected chi connectivity index (χ4v) is 1.85. The quantitative estimate of drug-likeness (QED) is 0.810. The summed E-state index contributed by atoms with van der Waals surface area (Å²) in [5, 5.41) is 9.01. The lowest BCUT2D eigenvalue weighted by atomic mass is 10.1. The van der Waals surface area contributed by atoms with Crippen molar-refractivity contribution in [3.8, 4) is 0 Å². The van der Waals surface area contributed by atoms with Crippen LogP contribution in [0.3, 0.4) is 0 Å². The number of nitrogens with zero attached hydrogens (tertiary/aromatic N) is 1. The van der Waals surface area contributed by atoms with Gasteiger partial charge in [-0.1, -0.05) is 24.6 Å². The van der Waals surface area contributed by atoms with Crippen LogP contribution in [0.15, 0.2) is 18.2 Å². The van der Waals surface area contributed by atoms with Crippen LogP contribution in [-0.4, -0.2) is 28.9 Å². The molecule has 0 saturated heterocycles. The molecule has 1 atom stereocenters. The van der Waals surface area contributed by atoms with Crippen molar-refractivity contribution in [1.82, 2.24) is 4.90 Å². The van der Waals surface area contributed by atoms with E-state index < -0.39 is 17.8 Å². The fraction of sp³-hybridized carbons (Fsp3) is 0.333. The van der Waals surface area contributed by atoms with Gasteiger partial charge in [0.15, 0.2) is 6.04 Å². The maximum Gasteiger partial charge on any atom is 0.331 e. The minimum absolute atomic E-state index is 0.166. The van der Waals surface area contributed by atoms with Gasteiger partial charge in [-0.3, -0.25) is 4.79 Å². The van der Waals surface area contributed by atoms with Gasteiger partial charge < -0.3 is 10.0 Å². The molecule has 1 N–H and O–H groups in total. The SMILES string of the molecule is CCCN(C=O)C(C(=O)O)c1ccc(F)c(Cl)c1. The van der Waals surface area contributed by atoms with Crippen molar-refractivity contribution < 1.29 is 19.1 Å². The fourth-order valence-electron chi connectivity index (χ4n) is 1.66. The van der Waals surface area contributed by atoms with Crippen LogP contribution in [0.25, 0.3) is 0 Å². The first-order valence-corrected chi connectivity index (χ1v) is 5.77. The number of carboxylic acid groups (broad SMARTS) is 1. The van der Waals surface area contributed by atoms with Gasteiger partial charge in [-0.05, 0) is 24.1 Å². The molecule has 0 radical (unpaired) electrons. The third kappa shape index (κ3) is 3.20. The number of benzene rings is 1. The van der Waals surface area contributed by atoms with E-state index in [0.29, 0.717) is 19.4 Å². The molecule has 0 spiro atoms. The van der Waals surface area contributed by atoms with E-state index in [2.05, 4.69) is 0 Å². The molecule has 0 saturated carbocycles. The van der Waals surface area contributed by atoms with Crippen LogP contribution in [0.5, 0.6) is 0 Å². The van der Waals surface area contributed by atoms with E-state index in [4.69, 9.17) is 11.6 Å². The molecule has 1 aromatic carbocycles. The second-order valence-corrected chi connectivity index (χ2v) is 4.16. The molecule has 1 rings (SSSR count). The van der Waals surface area contributed by atoms with Crippen molar-refractivity contribution >= 4 is 24.0 Å². The zero-order chi connectivity index (χ0) is 13.7. The van der Waals surface area contributed by atoms with Crippen molar-refractivity contribution in [1.29, 1.82) is 0 Å². The van der Waals surface area contributed by atoms with E-state index in [0.717, 1.165) is 11.0 Å². The number of hydrogen-bond acceptors (Lipinski definition) is 2. The van der Waals surface area contributed by atoms with Crippen LogP contribution in [0.1, 0.15) is 24.9 Å². The third-order valence-electron chi connectivity index (χ3n) is 2.44. The van der Waals surface area contributed by atoms with E-state index in [-0.39, 0.29) is 10.6 Å². The zero-order valence-corrected chi connectivity index (χ0v) is 10.5. The van der Waals surface area contributed by atoms with Gasteiger partial charge >= 0.3 is 5.97 Å². The molecule has 1 aromatic rings. The highest BCUT2D eigenvalue weighted by atomic mass is 35.5. The largest absolute Gasteiger partial charge is 0.479 e. The summed E-state index contributed by atoms with van der Waals surface area (Å²) in [6, 6.07) is 2.47. The van der Waals surface area contributed by atoms with Crippen LogP contribution in [0, 0.1) is 5.82 Å². The minimum atomic E-state index is -1.18. The Hall–Kier alpha value is -1.62. The summed E-state index contributed by atoms with van der Waals surface area (Å²) in [5.74, 6) is -1.81. The average molecular weight is 274 g/mol. The predicted octanol–water partition coefficient (Wildman–Crippen LogP) is 2.47. The van der Waals surface area contributed by atoms with Gasteiger partial charge in [0.2, 0.25) is 6.41 Å². The van der Waals surface area contributed by atoms with Crippen LogP contribution in [-0.2, 0) is 9.59 Å². The lowest BCUT2D eigenvalue weighted by molar-refractivity contribution is -0.146. The topological polar surface area (TPSA) is 57.6 Å². The van der Waals surface area contributed by atoms with Crippen molar-refractivity contribution in [2.45, 2.75) is 19.4 Å². The molecular formula is C12H13ClFNO3. The number of carbonyl (C=O) groups is 2. The molecule has 0 fully saturated rings. The molecule has 1 amide bonds. The van der Waals surface area contributed by atoms with Gasteiger partial charge in [-0.2, -0.15) is 0 Å². The molecule has 0 heterocycles. The summed E-state index contributed by atoms with van der Waals surface area (Å²) in [4.78, 5) is 23.3. The molecule has 0 aromatic heterocycles. The minimum Gasteiger partial charge on any atom is -0.479 e. The number of halogens is 2. The predicted molar refractivity (Wildman–Crippen MR) is 64.8 cm³/mol. The van der Waals surface area contributed by atoms with Crippen molar-refractivity contribution in [3.63, 3.8) is 0 Å². The van der Waals surface area contributed by atoms with Gasteiger partial charge in [0.25, 0.3) is 0 Å². The van der Waals surface area contributed by atoms with Gasteiger partial charge in [0.05, 0.1) is 5.02 Å². The number of amides is 1.